The first-order chi connectivity index (χ1) is 10.2. The number of nitrogens with one attached hydrogen (secondary N) is 1. The predicted molar refractivity (Wildman–Crippen MR) is 80.3 cm³/mol. The van der Waals surface area contributed by atoms with Crippen LogP contribution in [0.3, 0.4) is 0 Å². The van der Waals surface area contributed by atoms with Crippen molar-refractivity contribution in [1.29, 1.82) is 0 Å². The zero-order chi connectivity index (χ0) is 14.8. The molecular weight excluding hydrogens is 268 g/mol. The van der Waals surface area contributed by atoms with Gasteiger partial charge in [-0.1, -0.05) is 12.1 Å². The maximum atomic E-state index is 12.8. The summed E-state index contributed by atoms with van der Waals surface area (Å²) in [5.74, 6) is -0.457. The topological polar surface area (TPSA) is 58.6 Å². The van der Waals surface area contributed by atoms with Gasteiger partial charge in [0.1, 0.15) is 0 Å². The molecule has 1 aromatic carbocycles. The number of imide groups is 1. The van der Waals surface area contributed by atoms with Gasteiger partial charge in [-0.2, -0.15) is 0 Å². The molecule has 1 N–H and O–H groups in total. The standard InChI is InChI=1S/C16H20N2O3/c1-11(19)18(16(20)13-6-9-21-10-7-13)14-4-2-3-12-5-8-17-15(12)14/h2-4,13,17H,5-10H2,1H3. The average molecular weight is 288 g/mol. The Balaban J connectivity index is 1.93. The van der Waals surface area contributed by atoms with Gasteiger partial charge in [0.15, 0.2) is 0 Å². The Morgan fingerprint density at radius 3 is 2.76 bits per heavy atom. The SMILES string of the molecule is CC(=O)N(C(=O)C1CCOCC1)c1cccc2c1NCC2. The number of fused-ring (bicyclic) bond motifs is 1. The number of amides is 2. The van der Waals surface area contributed by atoms with Crippen LogP contribution in [-0.4, -0.2) is 31.6 Å². The molecule has 0 aliphatic carbocycles. The molecule has 0 unspecified atom stereocenters. The highest BCUT2D eigenvalue weighted by Gasteiger charge is 2.32. The van der Waals surface area contributed by atoms with Gasteiger partial charge >= 0.3 is 0 Å². The minimum atomic E-state index is -0.228. The third-order valence-corrected chi connectivity index (χ3v) is 4.17. The lowest BCUT2D eigenvalue weighted by atomic mass is 9.98. The highest BCUT2D eigenvalue weighted by Crippen LogP contribution is 2.35. The van der Waals surface area contributed by atoms with Crippen molar-refractivity contribution in [2.24, 2.45) is 5.92 Å². The number of hydrogen-bond donors (Lipinski definition) is 1. The van der Waals surface area contributed by atoms with Crippen LogP contribution in [0.4, 0.5) is 11.4 Å². The van der Waals surface area contributed by atoms with E-state index in [9.17, 15) is 9.59 Å². The van der Waals surface area contributed by atoms with Gasteiger partial charge in [0, 0.05) is 32.6 Å². The van der Waals surface area contributed by atoms with E-state index < -0.39 is 0 Å². The molecule has 112 valence electrons. The molecule has 5 nitrogen and oxygen atoms in total. The van der Waals surface area contributed by atoms with Crippen molar-refractivity contribution in [3.8, 4) is 0 Å². The Morgan fingerprint density at radius 1 is 1.29 bits per heavy atom. The summed E-state index contributed by atoms with van der Waals surface area (Å²) in [6.45, 7) is 3.48. The van der Waals surface area contributed by atoms with Gasteiger partial charge in [-0.25, -0.2) is 4.90 Å². The second-order valence-electron chi connectivity index (χ2n) is 5.57. The van der Waals surface area contributed by atoms with Gasteiger partial charge in [0.25, 0.3) is 0 Å². The van der Waals surface area contributed by atoms with E-state index in [0.717, 1.165) is 18.7 Å². The summed E-state index contributed by atoms with van der Waals surface area (Å²) >= 11 is 0. The molecule has 5 heteroatoms. The van der Waals surface area contributed by atoms with Crippen molar-refractivity contribution in [3.63, 3.8) is 0 Å². The summed E-state index contributed by atoms with van der Waals surface area (Å²) < 4.78 is 5.30. The maximum absolute atomic E-state index is 12.8. The van der Waals surface area contributed by atoms with Crippen molar-refractivity contribution >= 4 is 23.2 Å². The molecule has 0 aromatic heterocycles. The molecule has 1 aromatic rings. The Kier molecular flexibility index (Phi) is 3.92. The van der Waals surface area contributed by atoms with E-state index in [1.807, 2.05) is 18.2 Å². The van der Waals surface area contributed by atoms with Crippen LogP contribution in [0.2, 0.25) is 0 Å². The summed E-state index contributed by atoms with van der Waals surface area (Å²) in [5, 5.41) is 3.29. The first kappa shape index (κ1) is 14.1. The number of nitrogens with zero attached hydrogens (tertiary/aromatic N) is 1. The van der Waals surface area contributed by atoms with Crippen LogP contribution in [0.1, 0.15) is 25.3 Å². The number of carbonyl (C=O) groups is 2. The van der Waals surface area contributed by atoms with Crippen molar-refractivity contribution in [2.45, 2.75) is 26.2 Å². The van der Waals surface area contributed by atoms with Crippen molar-refractivity contribution in [2.75, 3.05) is 30.0 Å². The Bertz CT molecular complexity index is 565. The minimum absolute atomic E-state index is 0.104. The summed E-state index contributed by atoms with van der Waals surface area (Å²) in [4.78, 5) is 26.2. The number of ether oxygens (including phenoxy) is 1. The number of rotatable bonds is 2. The van der Waals surface area contributed by atoms with E-state index in [1.165, 1.54) is 17.4 Å². The molecular formula is C16H20N2O3. The molecule has 2 amide bonds. The third-order valence-electron chi connectivity index (χ3n) is 4.17. The number of benzene rings is 1. The van der Waals surface area contributed by atoms with Crippen molar-refractivity contribution in [3.05, 3.63) is 23.8 Å². The Morgan fingerprint density at radius 2 is 2.05 bits per heavy atom. The second-order valence-corrected chi connectivity index (χ2v) is 5.57. The molecule has 0 saturated carbocycles. The maximum Gasteiger partial charge on any atom is 0.237 e. The predicted octanol–water partition coefficient (Wildman–Crippen LogP) is 1.96. The lowest BCUT2D eigenvalue weighted by molar-refractivity contribution is -0.130. The van der Waals surface area contributed by atoms with Crippen LogP contribution >= 0.6 is 0 Å². The van der Waals surface area contributed by atoms with Gasteiger partial charge < -0.3 is 10.1 Å². The molecule has 2 aliphatic rings. The number of hydrogen-bond acceptors (Lipinski definition) is 4. The second kappa shape index (κ2) is 5.85. The smallest absolute Gasteiger partial charge is 0.237 e. The fourth-order valence-electron chi connectivity index (χ4n) is 3.08. The lowest BCUT2D eigenvalue weighted by Crippen LogP contribution is -2.41. The van der Waals surface area contributed by atoms with Gasteiger partial charge in [0.2, 0.25) is 11.8 Å². The monoisotopic (exact) mass is 288 g/mol. The van der Waals surface area contributed by atoms with Gasteiger partial charge in [0.05, 0.1) is 11.4 Å². The highest BCUT2D eigenvalue weighted by atomic mass is 16.5. The van der Waals surface area contributed by atoms with Gasteiger partial charge in [-0.05, 0) is 30.9 Å². The molecule has 1 fully saturated rings. The van der Waals surface area contributed by atoms with Crippen molar-refractivity contribution < 1.29 is 14.3 Å². The minimum Gasteiger partial charge on any atom is -0.383 e. The zero-order valence-corrected chi connectivity index (χ0v) is 12.2. The molecule has 2 aliphatic heterocycles. The quantitative estimate of drug-likeness (QED) is 0.904. The van der Waals surface area contributed by atoms with E-state index in [0.29, 0.717) is 31.7 Å². The first-order valence-electron chi connectivity index (χ1n) is 7.46. The summed E-state index contributed by atoms with van der Waals surface area (Å²) in [6, 6.07) is 5.79. The summed E-state index contributed by atoms with van der Waals surface area (Å²) in [7, 11) is 0. The molecule has 0 spiro atoms. The van der Waals surface area contributed by atoms with E-state index in [1.54, 1.807) is 0 Å². The zero-order valence-electron chi connectivity index (χ0n) is 12.2. The van der Waals surface area contributed by atoms with E-state index in [-0.39, 0.29) is 17.7 Å². The molecule has 21 heavy (non-hydrogen) atoms. The third kappa shape index (κ3) is 2.65. The normalized spacial score (nSPS) is 18.0. The van der Waals surface area contributed by atoms with E-state index in [2.05, 4.69) is 5.32 Å². The molecule has 0 bridgehead atoms. The van der Waals surface area contributed by atoms with E-state index in [4.69, 9.17) is 4.74 Å². The lowest BCUT2D eigenvalue weighted by Gasteiger charge is -2.28. The Hall–Kier alpha value is -1.88. The number of anilines is 2. The number of carbonyl (C=O) groups excluding carboxylic acids is 2. The highest BCUT2D eigenvalue weighted by molar-refractivity contribution is 6.16. The van der Waals surface area contributed by atoms with Crippen LogP contribution in [0.5, 0.6) is 0 Å². The molecule has 3 rings (SSSR count). The largest absolute Gasteiger partial charge is 0.383 e. The summed E-state index contributed by atoms with van der Waals surface area (Å²) in [5.41, 5.74) is 2.78. The van der Waals surface area contributed by atoms with Crippen LogP contribution in [0.25, 0.3) is 0 Å². The van der Waals surface area contributed by atoms with Gasteiger partial charge in [-0.15, -0.1) is 0 Å². The fourth-order valence-corrected chi connectivity index (χ4v) is 3.08. The molecule has 2 heterocycles. The average Bonchev–Trinajstić information content (AvgIpc) is 2.97. The molecule has 1 saturated heterocycles. The van der Waals surface area contributed by atoms with Crippen LogP contribution in [0.15, 0.2) is 18.2 Å². The van der Waals surface area contributed by atoms with Crippen LogP contribution in [-0.2, 0) is 20.7 Å². The van der Waals surface area contributed by atoms with Gasteiger partial charge in [-0.3, -0.25) is 9.59 Å². The molecule has 0 radical (unpaired) electrons. The van der Waals surface area contributed by atoms with Crippen LogP contribution in [0, 0.1) is 5.92 Å². The fraction of sp³-hybridized carbons (Fsp3) is 0.500. The summed E-state index contributed by atoms with van der Waals surface area (Å²) in [6.07, 6.45) is 2.30. The first-order valence-corrected chi connectivity index (χ1v) is 7.46. The van der Waals surface area contributed by atoms with Crippen molar-refractivity contribution in [1.82, 2.24) is 0 Å². The van der Waals surface area contributed by atoms with Crippen LogP contribution < -0.4 is 10.2 Å². The van der Waals surface area contributed by atoms with E-state index >= 15 is 0 Å². The Labute approximate surface area is 124 Å². The number of para-hydroxylation sites is 1. The molecule has 0 atom stereocenters.